The van der Waals surface area contributed by atoms with Gasteiger partial charge in [0.25, 0.3) is 0 Å². The highest BCUT2D eigenvalue weighted by Gasteiger charge is 2.30. The van der Waals surface area contributed by atoms with Crippen molar-refractivity contribution in [2.45, 2.75) is 45.8 Å². The number of carbonyl (C=O) groups is 1. The molecule has 0 rings (SSSR count). The lowest BCUT2D eigenvalue weighted by atomic mass is 9.94. The van der Waals surface area contributed by atoms with E-state index in [1.54, 1.807) is 32.9 Å². The van der Waals surface area contributed by atoms with Crippen LogP contribution in [0, 0.1) is 0 Å². The van der Waals surface area contributed by atoms with Crippen LogP contribution in [-0.4, -0.2) is 34.4 Å². The SMILES string of the molecule is CC=CC=C(C)C(=O)NC(CO)C(C)(O)CC. The number of hydrogen-bond donors (Lipinski definition) is 3. The minimum Gasteiger partial charge on any atom is -0.394 e. The maximum absolute atomic E-state index is 11.7. The van der Waals surface area contributed by atoms with Crippen molar-refractivity contribution < 1.29 is 15.0 Å². The van der Waals surface area contributed by atoms with Gasteiger partial charge in [-0.25, -0.2) is 0 Å². The summed E-state index contributed by atoms with van der Waals surface area (Å²) in [4.78, 5) is 11.7. The third kappa shape index (κ3) is 5.15. The molecule has 0 aromatic carbocycles. The van der Waals surface area contributed by atoms with Crippen LogP contribution in [0.3, 0.4) is 0 Å². The van der Waals surface area contributed by atoms with E-state index in [2.05, 4.69) is 5.32 Å². The number of allylic oxidation sites excluding steroid dienone is 3. The zero-order valence-corrected chi connectivity index (χ0v) is 11.0. The summed E-state index contributed by atoms with van der Waals surface area (Å²) >= 11 is 0. The van der Waals surface area contributed by atoms with Crippen LogP contribution in [0.2, 0.25) is 0 Å². The normalized spacial score (nSPS) is 17.9. The average molecular weight is 241 g/mol. The van der Waals surface area contributed by atoms with Crippen LogP contribution < -0.4 is 5.32 Å². The van der Waals surface area contributed by atoms with E-state index in [0.717, 1.165) is 0 Å². The Morgan fingerprint density at radius 1 is 1.53 bits per heavy atom. The molecular weight excluding hydrogens is 218 g/mol. The highest BCUT2D eigenvalue weighted by Crippen LogP contribution is 2.14. The molecular formula is C13H23NO3. The zero-order chi connectivity index (χ0) is 13.5. The van der Waals surface area contributed by atoms with Crippen molar-refractivity contribution in [3.8, 4) is 0 Å². The monoisotopic (exact) mass is 241 g/mol. The van der Waals surface area contributed by atoms with Crippen LogP contribution in [0.4, 0.5) is 0 Å². The Kier molecular flexibility index (Phi) is 6.76. The van der Waals surface area contributed by atoms with Gasteiger partial charge in [0.2, 0.25) is 5.91 Å². The smallest absolute Gasteiger partial charge is 0.247 e. The molecule has 0 aromatic rings. The first-order valence-electron chi connectivity index (χ1n) is 5.82. The van der Waals surface area contributed by atoms with Crippen LogP contribution >= 0.6 is 0 Å². The van der Waals surface area contributed by atoms with Crippen molar-refractivity contribution in [2.24, 2.45) is 0 Å². The lowest BCUT2D eigenvalue weighted by Crippen LogP contribution is -2.53. The number of amides is 1. The van der Waals surface area contributed by atoms with E-state index in [9.17, 15) is 15.0 Å². The van der Waals surface area contributed by atoms with E-state index < -0.39 is 11.6 Å². The maximum atomic E-state index is 11.7. The first kappa shape index (κ1) is 15.9. The molecule has 0 bridgehead atoms. The molecule has 98 valence electrons. The predicted molar refractivity (Wildman–Crippen MR) is 68.5 cm³/mol. The minimum absolute atomic E-state index is 0.282. The van der Waals surface area contributed by atoms with Gasteiger partial charge in [0.05, 0.1) is 18.2 Å². The van der Waals surface area contributed by atoms with E-state index in [-0.39, 0.29) is 12.5 Å². The van der Waals surface area contributed by atoms with E-state index >= 15 is 0 Å². The first-order valence-corrected chi connectivity index (χ1v) is 5.82. The lowest BCUT2D eigenvalue weighted by molar-refractivity contribution is -0.121. The molecule has 1 amide bonds. The van der Waals surface area contributed by atoms with E-state index in [4.69, 9.17) is 0 Å². The van der Waals surface area contributed by atoms with Crippen molar-refractivity contribution in [1.29, 1.82) is 0 Å². The Bertz CT molecular complexity index is 306. The van der Waals surface area contributed by atoms with Gasteiger partial charge in [0, 0.05) is 5.57 Å². The van der Waals surface area contributed by atoms with Crippen LogP contribution in [0.5, 0.6) is 0 Å². The summed E-state index contributed by atoms with van der Waals surface area (Å²) < 4.78 is 0. The van der Waals surface area contributed by atoms with E-state index in [0.29, 0.717) is 12.0 Å². The first-order chi connectivity index (χ1) is 7.88. The van der Waals surface area contributed by atoms with Crippen LogP contribution in [0.25, 0.3) is 0 Å². The second-order valence-corrected chi connectivity index (χ2v) is 4.29. The molecule has 0 saturated heterocycles. The number of carbonyl (C=O) groups excluding carboxylic acids is 1. The molecule has 4 heteroatoms. The molecule has 0 aliphatic carbocycles. The van der Waals surface area contributed by atoms with Gasteiger partial charge < -0.3 is 15.5 Å². The number of nitrogens with one attached hydrogen (secondary N) is 1. The van der Waals surface area contributed by atoms with Gasteiger partial charge in [-0.2, -0.15) is 0 Å². The van der Waals surface area contributed by atoms with Crippen LogP contribution in [0.1, 0.15) is 34.1 Å². The highest BCUT2D eigenvalue weighted by atomic mass is 16.3. The lowest BCUT2D eigenvalue weighted by Gasteiger charge is -2.31. The highest BCUT2D eigenvalue weighted by molar-refractivity contribution is 5.93. The molecule has 2 unspecified atom stereocenters. The van der Waals surface area contributed by atoms with Crippen molar-refractivity contribution in [3.05, 3.63) is 23.8 Å². The summed E-state index contributed by atoms with van der Waals surface area (Å²) in [6.45, 7) is 6.66. The van der Waals surface area contributed by atoms with Crippen molar-refractivity contribution in [2.75, 3.05) is 6.61 Å². The fourth-order valence-electron chi connectivity index (χ4n) is 1.23. The molecule has 0 heterocycles. The van der Waals surface area contributed by atoms with Gasteiger partial charge in [0.15, 0.2) is 0 Å². The Morgan fingerprint density at radius 2 is 2.12 bits per heavy atom. The van der Waals surface area contributed by atoms with Gasteiger partial charge >= 0.3 is 0 Å². The summed E-state index contributed by atoms with van der Waals surface area (Å²) in [5.41, 5.74) is -0.570. The fraction of sp³-hybridized carbons (Fsp3) is 0.615. The van der Waals surface area contributed by atoms with E-state index in [1.807, 2.05) is 13.0 Å². The standard InChI is InChI=1S/C13H23NO3/c1-5-7-8-10(3)12(16)14-11(9-15)13(4,17)6-2/h5,7-8,11,15,17H,6,9H2,1-4H3,(H,14,16). The van der Waals surface area contributed by atoms with Crippen molar-refractivity contribution >= 4 is 5.91 Å². The molecule has 0 aliphatic rings. The third-order valence-corrected chi connectivity index (χ3v) is 2.85. The zero-order valence-electron chi connectivity index (χ0n) is 11.0. The molecule has 0 radical (unpaired) electrons. The molecule has 0 saturated carbocycles. The summed E-state index contributed by atoms with van der Waals surface area (Å²) in [6.07, 6.45) is 5.73. The van der Waals surface area contributed by atoms with Crippen molar-refractivity contribution in [3.63, 3.8) is 0 Å². The summed E-state index contributed by atoms with van der Waals surface area (Å²) in [6, 6.07) is -0.658. The summed E-state index contributed by atoms with van der Waals surface area (Å²) in [5.74, 6) is -0.282. The quantitative estimate of drug-likeness (QED) is 0.482. The average Bonchev–Trinajstić information content (AvgIpc) is 2.32. The molecule has 0 fully saturated rings. The van der Waals surface area contributed by atoms with Gasteiger partial charge in [-0.15, -0.1) is 0 Å². The molecule has 17 heavy (non-hydrogen) atoms. The maximum Gasteiger partial charge on any atom is 0.247 e. The summed E-state index contributed by atoms with van der Waals surface area (Å²) in [5, 5.41) is 21.8. The number of aliphatic hydroxyl groups is 2. The Labute approximate surface area is 103 Å². The third-order valence-electron chi connectivity index (χ3n) is 2.85. The Balaban J connectivity index is 4.65. The van der Waals surface area contributed by atoms with Gasteiger partial charge in [-0.1, -0.05) is 25.2 Å². The predicted octanol–water partition coefficient (Wildman–Crippen LogP) is 1.15. The topological polar surface area (TPSA) is 69.6 Å². The van der Waals surface area contributed by atoms with Gasteiger partial charge in [0.1, 0.15) is 0 Å². The molecule has 0 aliphatic heterocycles. The Hall–Kier alpha value is -1.13. The minimum atomic E-state index is -1.11. The molecule has 0 spiro atoms. The molecule has 0 aromatic heterocycles. The molecule has 4 nitrogen and oxygen atoms in total. The van der Waals surface area contributed by atoms with Gasteiger partial charge in [-0.3, -0.25) is 4.79 Å². The van der Waals surface area contributed by atoms with E-state index in [1.165, 1.54) is 0 Å². The van der Waals surface area contributed by atoms with Crippen LogP contribution in [0.15, 0.2) is 23.8 Å². The second-order valence-electron chi connectivity index (χ2n) is 4.29. The number of hydrogen-bond acceptors (Lipinski definition) is 3. The van der Waals surface area contributed by atoms with Gasteiger partial charge in [-0.05, 0) is 27.2 Å². The fourth-order valence-corrected chi connectivity index (χ4v) is 1.23. The molecule has 3 N–H and O–H groups in total. The second kappa shape index (κ2) is 7.25. The Morgan fingerprint density at radius 3 is 2.53 bits per heavy atom. The number of aliphatic hydroxyl groups excluding tert-OH is 1. The largest absolute Gasteiger partial charge is 0.394 e. The summed E-state index contributed by atoms with van der Waals surface area (Å²) in [7, 11) is 0. The molecule has 2 atom stereocenters. The van der Waals surface area contributed by atoms with Crippen LogP contribution in [-0.2, 0) is 4.79 Å². The van der Waals surface area contributed by atoms with Crippen molar-refractivity contribution in [1.82, 2.24) is 5.32 Å². The number of rotatable bonds is 6.